The molecule has 2 N–H and O–H groups in total. The smallest absolute Gasteiger partial charge is 0.303 e. The predicted molar refractivity (Wildman–Crippen MR) is 137 cm³/mol. The van der Waals surface area contributed by atoms with Crippen LogP contribution in [0.3, 0.4) is 0 Å². The van der Waals surface area contributed by atoms with Crippen molar-refractivity contribution in [2.75, 3.05) is 5.32 Å². The Kier molecular flexibility index (Phi) is 8.03. The van der Waals surface area contributed by atoms with Gasteiger partial charge in [-0.1, -0.05) is 60.8 Å². The predicted octanol–water partition coefficient (Wildman–Crippen LogP) is 5.48. The van der Waals surface area contributed by atoms with E-state index < -0.39 is 5.97 Å². The van der Waals surface area contributed by atoms with Gasteiger partial charge in [-0.3, -0.25) is 14.4 Å². The van der Waals surface area contributed by atoms with Crippen LogP contribution in [0.25, 0.3) is 0 Å². The van der Waals surface area contributed by atoms with Gasteiger partial charge >= 0.3 is 5.97 Å². The van der Waals surface area contributed by atoms with Gasteiger partial charge < -0.3 is 15.0 Å². The quantitative estimate of drug-likeness (QED) is 0.414. The van der Waals surface area contributed by atoms with E-state index in [9.17, 15) is 14.4 Å². The summed E-state index contributed by atoms with van der Waals surface area (Å²) in [4.78, 5) is 36.5. The average molecular weight is 493 g/mol. The lowest BCUT2D eigenvalue weighted by Crippen LogP contribution is -2.26. The standard InChI is InChI=1S/C28H29ClN2O4/c29-23-13-14-25(32)31(18-23)17-20-8-11-22(12-9-20)27(21-5-1-2-6-21)28(35)30-24-7-3-4-19(16-24)10-15-26(33)34/h3-4,7-9,11-14,16,18,21,27H,1-2,5-6,10,15,17H2,(H,30,35)(H,33,34)/t27-/m0/s1. The zero-order valence-electron chi connectivity index (χ0n) is 19.5. The van der Waals surface area contributed by atoms with Gasteiger partial charge in [-0.15, -0.1) is 0 Å². The Morgan fingerprint density at radius 3 is 2.49 bits per heavy atom. The minimum absolute atomic E-state index is 0.0499. The van der Waals surface area contributed by atoms with Crippen molar-refractivity contribution < 1.29 is 14.7 Å². The number of nitrogens with one attached hydrogen (secondary N) is 1. The number of aryl methyl sites for hydroxylation is 1. The summed E-state index contributed by atoms with van der Waals surface area (Å²) in [6, 6.07) is 18.3. The average Bonchev–Trinajstić information content (AvgIpc) is 3.36. The molecule has 1 fully saturated rings. The largest absolute Gasteiger partial charge is 0.481 e. The Hall–Kier alpha value is -3.38. The Labute approximate surface area is 209 Å². The highest BCUT2D eigenvalue weighted by atomic mass is 35.5. The van der Waals surface area contributed by atoms with Crippen molar-refractivity contribution in [3.05, 3.63) is 98.9 Å². The number of aliphatic carboxylic acids is 1. The molecule has 0 bridgehead atoms. The number of carboxylic acids is 1. The second-order valence-corrected chi connectivity index (χ2v) is 9.60. The maximum Gasteiger partial charge on any atom is 0.303 e. The zero-order valence-corrected chi connectivity index (χ0v) is 20.2. The number of nitrogens with zero attached hydrogens (tertiary/aromatic N) is 1. The van der Waals surface area contributed by atoms with E-state index in [0.29, 0.717) is 23.7 Å². The van der Waals surface area contributed by atoms with Crippen molar-refractivity contribution in [3.8, 4) is 0 Å². The highest BCUT2D eigenvalue weighted by Gasteiger charge is 2.32. The summed E-state index contributed by atoms with van der Waals surface area (Å²) in [5.74, 6) is -0.898. The van der Waals surface area contributed by atoms with E-state index in [1.807, 2.05) is 48.5 Å². The molecule has 2 aromatic carbocycles. The number of carboxylic acid groups (broad SMARTS) is 1. The summed E-state index contributed by atoms with van der Waals surface area (Å²) < 4.78 is 1.57. The topological polar surface area (TPSA) is 88.4 Å². The first-order valence-electron chi connectivity index (χ1n) is 12.0. The van der Waals surface area contributed by atoms with Gasteiger partial charge in [0.1, 0.15) is 0 Å². The third kappa shape index (κ3) is 6.61. The normalized spacial score (nSPS) is 14.5. The first-order valence-corrected chi connectivity index (χ1v) is 12.3. The van der Waals surface area contributed by atoms with Crippen LogP contribution < -0.4 is 10.9 Å². The number of aromatic nitrogens is 1. The Bertz CT molecular complexity index is 1250. The van der Waals surface area contributed by atoms with Gasteiger partial charge in [0.05, 0.1) is 17.5 Å². The van der Waals surface area contributed by atoms with Crippen molar-refractivity contribution in [1.29, 1.82) is 0 Å². The van der Waals surface area contributed by atoms with Crippen LogP contribution in [-0.2, 0) is 22.6 Å². The van der Waals surface area contributed by atoms with Gasteiger partial charge in [-0.25, -0.2) is 0 Å². The number of carbonyl (C=O) groups is 2. The van der Waals surface area contributed by atoms with Crippen molar-refractivity contribution in [1.82, 2.24) is 4.57 Å². The van der Waals surface area contributed by atoms with E-state index in [-0.39, 0.29) is 29.7 Å². The fraction of sp³-hybridized carbons (Fsp3) is 0.321. The molecule has 0 aliphatic heterocycles. The van der Waals surface area contributed by atoms with Crippen molar-refractivity contribution >= 4 is 29.2 Å². The van der Waals surface area contributed by atoms with Gasteiger partial charge in [-0.2, -0.15) is 0 Å². The molecule has 1 aliphatic carbocycles. The van der Waals surface area contributed by atoms with Crippen molar-refractivity contribution in [2.45, 2.75) is 51.0 Å². The molecule has 7 heteroatoms. The second-order valence-electron chi connectivity index (χ2n) is 9.16. The summed E-state index contributed by atoms with van der Waals surface area (Å²) in [6.45, 7) is 0.406. The number of benzene rings is 2. The second kappa shape index (κ2) is 11.4. The van der Waals surface area contributed by atoms with Crippen LogP contribution in [0, 0.1) is 5.92 Å². The SMILES string of the molecule is O=C(O)CCc1cccc(NC(=O)[C@H](c2ccc(Cn3cc(Cl)ccc3=O)cc2)C2CCCC2)c1. The number of hydrogen-bond acceptors (Lipinski definition) is 3. The third-order valence-electron chi connectivity index (χ3n) is 6.61. The van der Waals surface area contributed by atoms with Crippen molar-refractivity contribution in [3.63, 3.8) is 0 Å². The van der Waals surface area contributed by atoms with E-state index >= 15 is 0 Å². The molecule has 0 radical (unpaired) electrons. The molecule has 6 nitrogen and oxygen atoms in total. The lowest BCUT2D eigenvalue weighted by atomic mass is 9.83. The van der Waals surface area contributed by atoms with Crippen LogP contribution in [0.15, 0.2) is 71.7 Å². The van der Waals surface area contributed by atoms with Crippen LogP contribution in [-0.4, -0.2) is 21.6 Å². The lowest BCUT2D eigenvalue weighted by Gasteiger charge is -2.24. The van der Waals surface area contributed by atoms with E-state index in [2.05, 4.69) is 5.32 Å². The molecule has 4 rings (SSSR count). The van der Waals surface area contributed by atoms with E-state index in [4.69, 9.17) is 16.7 Å². The maximum absolute atomic E-state index is 13.5. The summed E-state index contributed by atoms with van der Waals surface area (Å²) in [5, 5.41) is 12.5. The third-order valence-corrected chi connectivity index (χ3v) is 6.84. The van der Waals surface area contributed by atoms with Crippen LogP contribution in [0.5, 0.6) is 0 Å². The number of rotatable bonds is 9. The van der Waals surface area contributed by atoms with Gasteiger partial charge in [0.15, 0.2) is 0 Å². The minimum atomic E-state index is -0.843. The summed E-state index contributed by atoms with van der Waals surface area (Å²) in [7, 11) is 0. The fourth-order valence-corrected chi connectivity index (χ4v) is 5.04. The number of amides is 1. The molecule has 1 aliphatic rings. The first-order chi connectivity index (χ1) is 16.9. The molecule has 0 saturated heterocycles. The number of anilines is 1. The molecular formula is C28H29ClN2O4. The van der Waals surface area contributed by atoms with Crippen LogP contribution in [0.2, 0.25) is 5.02 Å². The van der Waals surface area contributed by atoms with Gasteiger partial charge in [0.25, 0.3) is 5.56 Å². The number of hydrogen-bond donors (Lipinski definition) is 2. The summed E-state index contributed by atoms with van der Waals surface area (Å²) in [6.07, 6.45) is 6.35. The lowest BCUT2D eigenvalue weighted by molar-refractivity contribution is -0.137. The van der Waals surface area contributed by atoms with Crippen molar-refractivity contribution in [2.24, 2.45) is 5.92 Å². The van der Waals surface area contributed by atoms with Crippen LogP contribution in [0.1, 0.15) is 54.7 Å². The minimum Gasteiger partial charge on any atom is -0.481 e. The molecule has 0 unspecified atom stereocenters. The first kappa shape index (κ1) is 24.7. The van der Waals surface area contributed by atoms with E-state index in [1.165, 1.54) is 6.07 Å². The summed E-state index contributed by atoms with van der Waals surface area (Å²) >= 11 is 6.03. The Morgan fingerprint density at radius 2 is 1.77 bits per heavy atom. The molecule has 35 heavy (non-hydrogen) atoms. The molecule has 1 saturated carbocycles. The van der Waals surface area contributed by atoms with Crippen LogP contribution >= 0.6 is 11.6 Å². The molecule has 1 heterocycles. The highest BCUT2D eigenvalue weighted by Crippen LogP contribution is 2.38. The van der Waals surface area contributed by atoms with Crippen LogP contribution in [0.4, 0.5) is 5.69 Å². The Morgan fingerprint density at radius 1 is 1.03 bits per heavy atom. The summed E-state index contributed by atoms with van der Waals surface area (Å²) in [5.41, 5.74) is 3.35. The van der Waals surface area contributed by atoms with Gasteiger partial charge in [0, 0.05) is 24.4 Å². The maximum atomic E-state index is 13.5. The Balaban J connectivity index is 1.52. The zero-order chi connectivity index (χ0) is 24.8. The molecule has 1 atom stereocenters. The number of carbonyl (C=O) groups excluding carboxylic acids is 1. The molecule has 1 aromatic heterocycles. The molecular weight excluding hydrogens is 464 g/mol. The monoisotopic (exact) mass is 492 g/mol. The number of pyridine rings is 1. The van der Waals surface area contributed by atoms with E-state index in [1.54, 1.807) is 16.8 Å². The fourth-order valence-electron chi connectivity index (χ4n) is 4.86. The van der Waals surface area contributed by atoms with Gasteiger partial charge in [0.2, 0.25) is 5.91 Å². The molecule has 182 valence electrons. The highest BCUT2D eigenvalue weighted by molar-refractivity contribution is 6.30. The number of halogens is 1. The van der Waals surface area contributed by atoms with E-state index in [0.717, 1.165) is 42.4 Å². The molecule has 1 amide bonds. The van der Waals surface area contributed by atoms with Gasteiger partial charge in [-0.05, 0) is 60.1 Å². The molecule has 0 spiro atoms. The molecule has 3 aromatic rings.